The Bertz CT molecular complexity index is 2170. The molecular formula is C47H56ClF2N5O3. The normalized spacial score (nSPS) is 23.0. The number of allylic oxidation sites excluding steroid dienone is 1. The van der Waals surface area contributed by atoms with Crippen molar-refractivity contribution in [3.05, 3.63) is 99.0 Å². The molecule has 3 aromatic rings. The van der Waals surface area contributed by atoms with E-state index >= 15 is 4.39 Å². The predicted octanol–water partition coefficient (Wildman–Crippen LogP) is 9.16. The number of amides is 2. The summed E-state index contributed by atoms with van der Waals surface area (Å²) in [5.41, 5.74) is 6.15. The predicted molar refractivity (Wildman–Crippen MR) is 227 cm³/mol. The largest absolute Gasteiger partial charge is 0.371 e. The number of benzene rings is 2. The van der Waals surface area contributed by atoms with Gasteiger partial charge >= 0.3 is 0 Å². The highest BCUT2D eigenvalue weighted by molar-refractivity contribution is 6.48. The molecule has 0 bridgehead atoms. The van der Waals surface area contributed by atoms with Crippen molar-refractivity contribution < 1.29 is 18.4 Å². The third-order valence-electron chi connectivity index (χ3n) is 14.4. The molecule has 1 N–H and O–H groups in total. The zero-order valence-corrected chi connectivity index (χ0v) is 34.7. The molecule has 5 heterocycles. The Morgan fingerprint density at radius 1 is 0.966 bits per heavy atom. The van der Waals surface area contributed by atoms with Gasteiger partial charge < -0.3 is 9.80 Å². The highest BCUT2D eigenvalue weighted by atomic mass is 35.5. The van der Waals surface area contributed by atoms with Gasteiger partial charge in [0, 0.05) is 42.3 Å². The van der Waals surface area contributed by atoms with Crippen LogP contribution in [-0.2, 0) is 15.0 Å². The number of nitrogens with one attached hydrogen (secondary N) is 1. The first-order chi connectivity index (χ1) is 28.1. The van der Waals surface area contributed by atoms with E-state index in [1.54, 1.807) is 12.1 Å². The quantitative estimate of drug-likeness (QED) is 0.240. The van der Waals surface area contributed by atoms with E-state index < -0.39 is 11.8 Å². The second-order valence-corrected chi connectivity index (χ2v) is 18.2. The molecule has 1 atom stereocenters. The van der Waals surface area contributed by atoms with E-state index in [2.05, 4.69) is 44.5 Å². The summed E-state index contributed by atoms with van der Waals surface area (Å²) in [6.07, 6.45) is 17.1. The third-order valence-corrected chi connectivity index (χ3v) is 14.6. The lowest BCUT2D eigenvalue weighted by Crippen LogP contribution is -2.50. The number of nitrogens with zero attached hydrogens (tertiary/aromatic N) is 4. The lowest BCUT2D eigenvalue weighted by molar-refractivity contribution is -0.134. The van der Waals surface area contributed by atoms with E-state index in [4.69, 9.17) is 16.6 Å². The van der Waals surface area contributed by atoms with E-state index in [0.717, 1.165) is 106 Å². The number of likely N-dealkylation sites (tertiary alicyclic amines) is 1. The maximum Gasteiger partial charge on any atom is 0.282 e. The number of alkyl halides is 1. The number of fused-ring (bicyclic) bond motifs is 5. The van der Waals surface area contributed by atoms with Crippen LogP contribution in [-0.4, -0.2) is 66.2 Å². The summed E-state index contributed by atoms with van der Waals surface area (Å²) >= 11 is 6.46. The standard InChI is InChI=1S/C46H53ClFN5O3.CH3F/c1-3-7-38-41(29(2)47)43(56)50-44-46(16-5-4-6-17-46)36-12-8-32(24-39(36)53(38)44)31-14-20-51(21-15-31)28-30-26-45(27-30)18-22-52(23-19-45)33-9-10-34(37(48)25-33)35-11-13-40(54)49-42(35)55;1-2/h3,7-10,12,24-25,30-31,35H,2,4-6,11,13-23,26-28H2,1H3,(H,49,54,55);1H3/b7-3-;. The summed E-state index contributed by atoms with van der Waals surface area (Å²) in [6, 6.07) is 12.4. The molecule has 9 rings (SSSR count). The smallest absolute Gasteiger partial charge is 0.282 e. The highest BCUT2D eigenvalue weighted by Crippen LogP contribution is 2.54. The first-order valence-electron chi connectivity index (χ1n) is 21.4. The van der Waals surface area contributed by atoms with Gasteiger partial charge in [-0.3, -0.25) is 28.7 Å². The van der Waals surface area contributed by atoms with Gasteiger partial charge in [0.1, 0.15) is 11.6 Å². The number of hydrogen-bond donors (Lipinski definition) is 1. The second kappa shape index (κ2) is 16.5. The number of carbonyl (C=O) groups is 2. The van der Waals surface area contributed by atoms with Crippen LogP contribution < -0.4 is 15.8 Å². The van der Waals surface area contributed by atoms with Crippen LogP contribution in [0.5, 0.6) is 0 Å². The number of anilines is 1. The fourth-order valence-corrected chi connectivity index (χ4v) is 11.8. The minimum absolute atomic E-state index is 0.232. The maximum absolute atomic E-state index is 15.2. The van der Waals surface area contributed by atoms with E-state index in [0.29, 0.717) is 36.1 Å². The molecule has 1 unspecified atom stereocenters. The molecule has 4 aliphatic heterocycles. The van der Waals surface area contributed by atoms with Gasteiger partial charge in [-0.25, -0.2) is 4.39 Å². The molecule has 58 heavy (non-hydrogen) atoms. The first kappa shape index (κ1) is 40.6. The lowest BCUT2D eigenvalue weighted by atomic mass is 9.57. The number of hydrogen-bond acceptors (Lipinski definition) is 6. The van der Waals surface area contributed by atoms with Crippen LogP contribution in [0.4, 0.5) is 14.5 Å². The molecule has 2 aliphatic carbocycles. The minimum atomic E-state index is -0.606. The topological polar surface area (TPSA) is 87.5 Å². The van der Waals surface area contributed by atoms with Crippen LogP contribution in [0.25, 0.3) is 16.8 Å². The van der Waals surface area contributed by atoms with Crippen LogP contribution >= 0.6 is 11.6 Å². The fourth-order valence-electron chi connectivity index (χ4n) is 11.6. The molecule has 11 heteroatoms. The van der Waals surface area contributed by atoms with Crippen LogP contribution in [0.3, 0.4) is 0 Å². The van der Waals surface area contributed by atoms with E-state index in [9.17, 15) is 18.8 Å². The molecule has 2 amide bonds. The van der Waals surface area contributed by atoms with Crippen LogP contribution in [0.2, 0.25) is 0 Å². The van der Waals surface area contributed by atoms with E-state index in [-0.39, 0.29) is 34.2 Å². The summed E-state index contributed by atoms with van der Waals surface area (Å²) in [7, 11) is 0.500. The number of aromatic nitrogens is 2. The van der Waals surface area contributed by atoms with Crippen molar-refractivity contribution >= 4 is 40.2 Å². The molecule has 1 aromatic heterocycles. The molecule has 308 valence electrons. The summed E-state index contributed by atoms with van der Waals surface area (Å²) in [5, 5.41) is 2.58. The third kappa shape index (κ3) is 7.26. The van der Waals surface area contributed by atoms with Crippen molar-refractivity contribution in [1.82, 2.24) is 19.8 Å². The second-order valence-electron chi connectivity index (χ2n) is 17.7. The Balaban J connectivity index is 0.00000231. The molecule has 0 radical (unpaired) electrons. The van der Waals surface area contributed by atoms with Gasteiger partial charge in [0.25, 0.3) is 5.56 Å². The highest BCUT2D eigenvalue weighted by Gasteiger charge is 2.48. The molecule has 3 saturated heterocycles. The zero-order chi connectivity index (χ0) is 40.8. The Labute approximate surface area is 345 Å². The minimum Gasteiger partial charge on any atom is -0.371 e. The Morgan fingerprint density at radius 3 is 2.34 bits per heavy atom. The van der Waals surface area contributed by atoms with Gasteiger partial charge in [0.05, 0.1) is 35.5 Å². The fraction of sp³-hybridized carbons (Fsp3) is 0.532. The summed E-state index contributed by atoms with van der Waals surface area (Å²) < 4.78 is 27.0. The Kier molecular flexibility index (Phi) is 11.5. The van der Waals surface area contributed by atoms with Crippen LogP contribution in [0.1, 0.15) is 136 Å². The molecular weight excluding hydrogens is 756 g/mol. The number of carbonyl (C=O) groups excluding carboxylic acids is 2. The van der Waals surface area contributed by atoms with Gasteiger partial charge in [-0.05, 0) is 130 Å². The van der Waals surface area contributed by atoms with Crippen molar-refractivity contribution in [3.63, 3.8) is 0 Å². The van der Waals surface area contributed by atoms with Gasteiger partial charge in [-0.2, -0.15) is 4.98 Å². The van der Waals surface area contributed by atoms with Crippen molar-refractivity contribution in [3.8, 4) is 5.69 Å². The Hall–Kier alpha value is -4.15. The number of rotatable bonds is 7. The van der Waals surface area contributed by atoms with Crippen molar-refractivity contribution in [2.45, 2.75) is 108 Å². The van der Waals surface area contributed by atoms with Crippen LogP contribution in [0, 0.1) is 17.2 Å². The zero-order valence-electron chi connectivity index (χ0n) is 33.9. The number of halogens is 3. The molecule has 2 spiro atoms. The summed E-state index contributed by atoms with van der Waals surface area (Å²) in [6.45, 7) is 11.1. The first-order valence-corrected chi connectivity index (χ1v) is 21.7. The SMILES string of the molecule is C=C(Cl)c1c(/C=C\C)n2c(nc1=O)C1(CCCCC1)c1ccc(C3CCN(CC4CC5(CCN(c6ccc(C7CCC(=O)NC7=O)c(F)c6)CC5)C4)CC3)cc1-2.CF. The van der Waals surface area contributed by atoms with E-state index in [1.807, 2.05) is 25.1 Å². The van der Waals surface area contributed by atoms with Crippen molar-refractivity contribution in [2.75, 3.05) is 44.8 Å². The summed E-state index contributed by atoms with van der Waals surface area (Å²) in [5.74, 6) is 0.441. The van der Waals surface area contributed by atoms with Gasteiger partial charge in [-0.15, -0.1) is 0 Å². The van der Waals surface area contributed by atoms with Gasteiger partial charge in [0.2, 0.25) is 11.8 Å². The van der Waals surface area contributed by atoms with Crippen LogP contribution in [0.15, 0.2) is 53.8 Å². The lowest BCUT2D eigenvalue weighted by Gasteiger charge is -2.54. The Morgan fingerprint density at radius 2 is 1.69 bits per heavy atom. The monoisotopic (exact) mass is 811 g/mol. The summed E-state index contributed by atoms with van der Waals surface area (Å²) in [4.78, 5) is 47.1. The van der Waals surface area contributed by atoms with E-state index in [1.165, 1.54) is 36.9 Å². The maximum atomic E-state index is 15.2. The van der Waals surface area contributed by atoms with Gasteiger partial charge in [-0.1, -0.05) is 61.7 Å². The molecule has 2 saturated carbocycles. The van der Waals surface area contributed by atoms with Gasteiger partial charge in [0.15, 0.2) is 0 Å². The molecule has 2 aromatic carbocycles. The van der Waals surface area contributed by atoms with Crippen molar-refractivity contribution in [1.29, 1.82) is 0 Å². The molecule has 8 nitrogen and oxygen atoms in total. The molecule has 5 fully saturated rings. The van der Waals surface area contributed by atoms with Crippen molar-refractivity contribution in [2.24, 2.45) is 11.3 Å². The average Bonchev–Trinajstić information content (AvgIpc) is 3.46. The average molecular weight is 812 g/mol. The number of imide groups is 1. The number of piperidine rings is 3. The molecule has 6 aliphatic rings.